The van der Waals surface area contributed by atoms with Gasteiger partial charge in [0.2, 0.25) is 0 Å². The highest BCUT2D eigenvalue weighted by Crippen LogP contribution is 2.24. The van der Waals surface area contributed by atoms with E-state index in [0.717, 1.165) is 19.3 Å². The number of carboxylic acid groups (broad SMARTS) is 1. The molecule has 1 N–H and O–H groups in total. The maximum Gasteiger partial charge on any atom is 0.306 e. The summed E-state index contributed by atoms with van der Waals surface area (Å²) in [6.07, 6.45) is 8.38. The summed E-state index contributed by atoms with van der Waals surface area (Å²) in [6, 6.07) is 0. The normalized spacial score (nSPS) is 14.4. The lowest BCUT2D eigenvalue weighted by molar-refractivity contribution is -0.143. The molecule has 2 atom stereocenters. The summed E-state index contributed by atoms with van der Waals surface area (Å²) in [4.78, 5) is 21.1. The van der Waals surface area contributed by atoms with Gasteiger partial charge < -0.3 is 5.11 Å². The molecule has 0 saturated heterocycles. The number of carbonyl (C=O) groups excluding carboxylic acids is 1. The molecule has 0 rings (SSSR count). The van der Waals surface area contributed by atoms with Crippen molar-refractivity contribution in [1.29, 1.82) is 0 Å². The molecule has 0 aliphatic carbocycles. The molecule has 0 aromatic rings. The molecule has 0 amide bonds. The minimum absolute atomic E-state index is 0.121. The smallest absolute Gasteiger partial charge is 0.306 e. The van der Waals surface area contributed by atoms with Crippen LogP contribution >= 0.6 is 0 Å². The van der Waals surface area contributed by atoms with Crippen molar-refractivity contribution in [3.05, 3.63) is 0 Å². The molecule has 0 aromatic carbocycles. The second-order valence-electron chi connectivity index (χ2n) is 4.42. The lowest BCUT2D eigenvalue weighted by Crippen LogP contribution is -2.20. The van der Waals surface area contributed by atoms with Crippen LogP contribution in [0.3, 0.4) is 0 Å². The topological polar surface area (TPSA) is 54.4 Å². The molecule has 0 heterocycles. The summed E-state index contributed by atoms with van der Waals surface area (Å²) in [5, 5.41) is 8.96. The van der Waals surface area contributed by atoms with Gasteiger partial charge >= 0.3 is 5.97 Å². The molecule has 3 heteroatoms. The van der Waals surface area contributed by atoms with Crippen molar-refractivity contribution < 1.29 is 14.7 Å². The molecule has 2 unspecified atom stereocenters. The van der Waals surface area contributed by atoms with Crippen molar-refractivity contribution in [2.75, 3.05) is 0 Å². The fourth-order valence-corrected chi connectivity index (χ4v) is 1.92. The first-order valence-corrected chi connectivity index (χ1v) is 6.21. The Morgan fingerprint density at radius 2 is 1.94 bits per heavy atom. The Labute approximate surface area is 98.2 Å². The molecule has 93 valence electrons. The van der Waals surface area contributed by atoms with Crippen LogP contribution in [0.4, 0.5) is 0 Å². The van der Waals surface area contributed by atoms with Crippen LogP contribution in [0, 0.1) is 11.8 Å². The monoisotopic (exact) mass is 227 g/mol. The largest absolute Gasteiger partial charge is 0.481 e. The molecule has 0 aromatic heterocycles. The maximum absolute atomic E-state index is 10.9. The third-order valence-corrected chi connectivity index (χ3v) is 3.14. The minimum atomic E-state index is -0.758. The predicted molar refractivity (Wildman–Crippen MR) is 64.0 cm³/mol. The number of rotatable bonds is 10. The molecule has 0 aliphatic rings. The number of aliphatic carboxylic acids is 1. The van der Waals surface area contributed by atoms with Crippen LogP contribution < -0.4 is 0 Å². The van der Waals surface area contributed by atoms with E-state index in [-0.39, 0.29) is 11.8 Å². The van der Waals surface area contributed by atoms with Crippen LogP contribution in [-0.2, 0) is 9.59 Å². The van der Waals surface area contributed by atoms with E-state index in [0.29, 0.717) is 12.8 Å². The van der Waals surface area contributed by atoms with Crippen molar-refractivity contribution in [2.24, 2.45) is 11.8 Å². The second-order valence-corrected chi connectivity index (χ2v) is 4.42. The predicted octanol–water partition coefficient (Wildman–Crippen LogP) is 3.18. The van der Waals surface area contributed by atoms with E-state index < -0.39 is 5.97 Å². The Bertz CT molecular complexity index is 201. The van der Waals surface area contributed by atoms with E-state index in [1.807, 2.05) is 6.29 Å². The van der Waals surface area contributed by atoms with Gasteiger partial charge in [0.05, 0.1) is 5.92 Å². The second kappa shape index (κ2) is 9.37. The summed E-state index contributed by atoms with van der Waals surface area (Å²) in [5.74, 6) is -0.989. The standard InChI is InChI=1S/C13H23O3/c1-3-4-5-6-8-12(9-7-10-14)11(2)13(15)16/h11-12H,3-9H2,1-2H3,(H,15,16). The summed E-state index contributed by atoms with van der Waals surface area (Å²) >= 11 is 0. The Morgan fingerprint density at radius 3 is 2.44 bits per heavy atom. The number of unbranched alkanes of at least 4 members (excludes halogenated alkanes) is 3. The average molecular weight is 227 g/mol. The van der Waals surface area contributed by atoms with Crippen molar-refractivity contribution in [3.8, 4) is 0 Å². The highest BCUT2D eigenvalue weighted by Gasteiger charge is 2.22. The maximum atomic E-state index is 10.9. The molecule has 0 fully saturated rings. The van der Waals surface area contributed by atoms with Gasteiger partial charge in [-0.15, -0.1) is 0 Å². The van der Waals surface area contributed by atoms with Crippen molar-refractivity contribution >= 4 is 12.3 Å². The lowest BCUT2D eigenvalue weighted by atomic mass is 9.85. The molecule has 1 radical (unpaired) electrons. The SMILES string of the molecule is CCCCCCC(CC[C]=O)C(C)C(=O)O. The summed E-state index contributed by atoms with van der Waals surface area (Å²) < 4.78 is 0. The first-order chi connectivity index (χ1) is 7.63. The van der Waals surface area contributed by atoms with Gasteiger partial charge in [0.25, 0.3) is 0 Å². The lowest BCUT2D eigenvalue weighted by Gasteiger charge is -2.19. The molecule has 0 aliphatic heterocycles. The van der Waals surface area contributed by atoms with Crippen LogP contribution in [0.1, 0.15) is 58.8 Å². The Kier molecular flexibility index (Phi) is 8.87. The number of hydrogen-bond donors (Lipinski definition) is 1. The average Bonchev–Trinajstić information content (AvgIpc) is 2.27. The summed E-state index contributed by atoms with van der Waals surface area (Å²) in [6.45, 7) is 3.89. The number of carbonyl (C=O) groups is 1. The van der Waals surface area contributed by atoms with E-state index in [4.69, 9.17) is 5.11 Å². The van der Waals surface area contributed by atoms with Crippen molar-refractivity contribution in [3.63, 3.8) is 0 Å². The van der Waals surface area contributed by atoms with Crippen molar-refractivity contribution in [2.45, 2.75) is 58.8 Å². The number of hydrogen-bond acceptors (Lipinski definition) is 2. The fraction of sp³-hybridized carbons (Fsp3) is 0.846. The minimum Gasteiger partial charge on any atom is -0.481 e. The Hall–Kier alpha value is -0.860. The van der Waals surface area contributed by atoms with E-state index in [1.165, 1.54) is 12.8 Å². The fourth-order valence-electron chi connectivity index (χ4n) is 1.92. The molecular weight excluding hydrogens is 204 g/mol. The van der Waals surface area contributed by atoms with E-state index in [1.54, 1.807) is 6.92 Å². The molecular formula is C13H23O3. The van der Waals surface area contributed by atoms with Crippen LogP contribution in [0.15, 0.2) is 0 Å². The van der Waals surface area contributed by atoms with Gasteiger partial charge in [-0.05, 0) is 18.8 Å². The van der Waals surface area contributed by atoms with Gasteiger partial charge in [-0.25, -0.2) is 0 Å². The van der Waals surface area contributed by atoms with Gasteiger partial charge in [-0.1, -0.05) is 39.5 Å². The molecule has 0 bridgehead atoms. The van der Waals surface area contributed by atoms with E-state index in [9.17, 15) is 9.59 Å². The summed E-state index contributed by atoms with van der Waals surface area (Å²) in [7, 11) is 0. The molecule has 3 nitrogen and oxygen atoms in total. The van der Waals surface area contributed by atoms with Crippen molar-refractivity contribution in [1.82, 2.24) is 0 Å². The van der Waals surface area contributed by atoms with Gasteiger partial charge in [-0.3, -0.25) is 9.59 Å². The Morgan fingerprint density at radius 1 is 1.25 bits per heavy atom. The van der Waals surface area contributed by atoms with Crippen LogP contribution in [0.25, 0.3) is 0 Å². The number of carboxylic acids is 1. The Balaban J connectivity index is 3.99. The summed E-state index contributed by atoms with van der Waals surface area (Å²) in [5.41, 5.74) is 0. The van der Waals surface area contributed by atoms with Crippen LogP contribution in [0.2, 0.25) is 0 Å². The first kappa shape index (κ1) is 15.1. The zero-order chi connectivity index (χ0) is 12.4. The zero-order valence-corrected chi connectivity index (χ0v) is 10.4. The van der Waals surface area contributed by atoms with Gasteiger partial charge in [-0.2, -0.15) is 0 Å². The molecule has 16 heavy (non-hydrogen) atoms. The highest BCUT2D eigenvalue weighted by atomic mass is 16.4. The van der Waals surface area contributed by atoms with Gasteiger partial charge in [0.1, 0.15) is 0 Å². The molecule has 0 spiro atoms. The van der Waals surface area contributed by atoms with E-state index in [2.05, 4.69) is 6.92 Å². The van der Waals surface area contributed by atoms with Gasteiger partial charge in [0, 0.05) is 6.42 Å². The van der Waals surface area contributed by atoms with Crippen LogP contribution in [-0.4, -0.2) is 17.4 Å². The van der Waals surface area contributed by atoms with Gasteiger partial charge in [0.15, 0.2) is 6.29 Å². The zero-order valence-electron chi connectivity index (χ0n) is 10.4. The van der Waals surface area contributed by atoms with Crippen LogP contribution in [0.5, 0.6) is 0 Å². The third-order valence-electron chi connectivity index (χ3n) is 3.14. The van der Waals surface area contributed by atoms with E-state index >= 15 is 0 Å². The first-order valence-electron chi connectivity index (χ1n) is 6.21. The third kappa shape index (κ3) is 6.59. The highest BCUT2D eigenvalue weighted by molar-refractivity contribution is 5.69. The quantitative estimate of drug-likeness (QED) is 0.583. The molecule has 0 saturated carbocycles.